The minimum absolute atomic E-state index is 0.0868. The van der Waals surface area contributed by atoms with E-state index in [1.807, 2.05) is 6.07 Å². The summed E-state index contributed by atoms with van der Waals surface area (Å²) in [5.41, 5.74) is 1.18. The summed E-state index contributed by atoms with van der Waals surface area (Å²) < 4.78 is 0. The average Bonchev–Trinajstić information content (AvgIpc) is 2.67. The number of thiazole rings is 1. The molecule has 0 amide bonds. The van der Waals surface area contributed by atoms with Crippen LogP contribution in [0.15, 0.2) is 23.8 Å². The first-order valence-electron chi connectivity index (χ1n) is 4.81. The highest BCUT2D eigenvalue weighted by Gasteiger charge is 2.18. The molecule has 0 N–H and O–H groups in total. The van der Waals surface area contributed by atoms with Gasteiger partial charge in [-0.25, -0.2) is 15.0 Å². The third-order valence-corrected chi connectivity index (χ3v) is 2.87. The quantitative estimate of drug-likeness (QED) is 0.740. The Hall–Kier alpha value is -1.29. The molecule has 2 aromatic heterocycles. The molecule has 15 heavy (non-hydrogen) atoms. The molecule has 0 bridgehead atoms. The third-order valence-electron chi connectivity index (χ3n) is 2.03. The number of rotatable bonds is 1. The molecule has 0 spiro atoms. The fourth-order valence-electron chi connectivity index (χ4n) is 1.13. The predicted molar refractivity (Wildman–Crippen MR) is 61.8 cm³/mol. The zero-order valence-electron chi connectivity index (χ0n) is 9.06. The lowest BCUT2D eigenvalue weighted by Gasteiger charge is -2.13. The van der Waals surface area contributed by atoms with Crippen LogP contribution in [0.4, 0.5) is 0 Å². The van der Waals surface area contributed by atoms with Crippen LogP contribution in [-0.2, 0) is 5.41 Å². The van der Waals surface area contributed by atoms with E-state index in [0.29, 0.717) is 5.82 Å². The van der Waals surface area contributed by atoms with E-state index in [2.05, 4.69) is 41.1 Å². The molecule has 0 atom stereocenters. The summed E-state index contributed by atoms with van der Waals surface area (Å²) in [5.74, 6) is 0.706. The van der Waals surface area contributed by atoms with Crippen LogP contribution in [0.25, 0.3) is 10.8 Å². The molecule has 2 aromatic rings. The number of nitrogens with zero attached hydrogens (tertiary/aromatic N) is 3. The van der Waals surface area contributed by atoms with Gasteiger partial charge in [0.2, 0.25) is 0 Å². The molecule has 2 heterocycles. The summed E-state index contributed by atoms with van der Waals surface area (Å²) in [4.78, 5) is 12.9. The number of aromatic nitrogens is 3. The van der Waals surface area contributed by atoms with Crippen molar-refractivity contribution in [1.82, 2.24) is 15.0 Å². The topological polar surface area (TPSA) is 38.7 Å². The SMILES string of the molecule is CC(C)(C)c1csc(-c2ncccn2)n1. The summed E-state index contributed by atoms with van der Waals surface area (Å²) in [7, 11) is 0. The molecular formula is C11H13N3S. The molecule has 0 aliphatic carbocycles. The van der Waals surface area contributed by atoms with E-state index in [1.165, 1.54) is 0 Å². The van der Waals surface area contributed by atoms with Crippen LogP contribution in [0.1, 0.15) is 26.5 Å². The van der Waals surface area contributed by atoms with Crippen molar-refractivity contribution >= 4 is 11.3 Å². The molecule has 0 radical (unpaired) electrons. The first-order chi connectivity index (χ1) is 7.07. The highest BCUT2D eigenvalue weighted by atomic mass is 32.1. The van der Waals surface area contributed by atoms with Crippen LogP contribution in [0.3, 0.4) is 0 Å². The van der Waals surface area contributed by atoms with Gasteiger partial charge in [-0.15, -0.1) is 11.3 Å². The van der Waals surface area contributed by atoms with E-state index in [0.717, 1.165) is 10.7 Å². The van der Waals surface area contributed by atoms with Crippen LogP contribution in [0.2, 0.25) is 0 Å². The Balaban J connectivity index is 2.37. The summed E-state index contributed by atoms with van der Waals surface area (Å²) in [6.07, 6.45) is 3.47. The lowest BCUT2D eigenvalue weighted by Crippen LogP contribution is -2.11. The minimum atomic E-state index is 0.0868. The molecule has 0 aliphatic rings. The normalized spacial score (nSPS) is 11.7. The molecule has 2 rings (SSSR count). The predicted octanol–water partition coefficient (Wildman–Crippen LogP) is 2.90. The largest absolute Gasteiger partial charge is 0.237 e. The third kappa shape index (κ3) is 2.21. The summed E-state index contributed by atoms with van der Waals surface area (Å²) in [5, 5.41) is 2.96. The second-order valence-electron chi connectivity index (χ2n) is 4.36. The van der Waals surface area contributed by atoms with E-state index in [4.69, 9.17) is 0 Å². The minimum Gasteiger partial charge on any atom is -0.237 e. The fraction of sp³-hybridized carbons (Fsp3) is 0.364. The van der Waals surface area contributed by atoms with Crippen molar-refractivity contribution in [3.63, 3.8) is 0 Å². The number of hydrogen-bond acceptors (Lipinski definition) is 4. The van der Waals surface area contributed by atoms with E-state index < -0.39 is 0 Å². The molecular weight excluding hydrogens is 206 g/mol. The highest BCUT2D eigenvalue weighted by Crippen LogP contribution is 2.27. The van der Waals surface area contributed by atoms with Gasteiger partial charge in [-0.3, -0.25) is 0 Å². The van der Waals surface area contributed by atoms with Crippen molar-refractivity contribution < 1.29 is 0 Å². The molecule has 78 valence electrons. The van der Waals surface area contributed by atoms with Crippen LogP contribution >= 0.6 is 11.3 Å². The first-order valence-corrected chi connectivity index (χ1v) is 5.69. The lowest BCUT2D eigenvalue weighted by atomic mass is 9.93. The Labute approximate surface area is 93.2 Å². The smallest absolute Gasteiger partial charge is 0.188 e. The van der Waals surface area contributed by atoms with Crippen LogP contribution in [-0.4, -0.2) is 15.0 Å². The standard InChI is InChI=1S/C11H13N3S/c1-11(2,3)8-7-15-10(14-8)9-12-5-4-6-13-9/h4-7H,1-3H3. The zero-order chi connectivity index (χ0) is 10.9. The molecule has 0 aliphatic heterocycles. The highest BCUT2D eigenvalue weighted by molar-refractivity contribution is 7.13. The van der Waals surface area contributed by atoms with Crippen molar-refractivity contribution in [2.45, 2.75) is 26.2 Å². The van der Waals surface area contributed by atoms with E-state index >= 15 is 0 Å². The second-order valence-corrected chi connectivity index (χ2v) is 5.22. The average molecular weight is 219 g/mol. The van der Waals surface area contributed by atoms with Gasteiger partial charge in [-0.05, 0) is 6.07 Å². The summed E-state index contributed by atoms with van der Waals surface area (Å²) in [6.45, 7) is 6.45. The van der Waals surface area contributed by atoms with Crippen LogP contribution < -0.4 is 0 Å². The van der Waals surface area contributed by atoms with Crippen molar-refractivity contribution in [2.75, 3.05) is 0 Å². The van der Waals surface area contributed by atoms with Crippen molar-refractivity contribution in [1.29, 1.82) is 0 Å². The lowest BCUT2D eigenvalue weighted by molar-refractivity contribution is 0.573. The molecule has 0 aromatic carbocycles. The van der Waals surface area contributed by atoms with Crippen LogP contribution in [0.5, 0.6) is 0 Å². The zero-order valence-corrected chi connectivity index (χ0v) is 9.88. The maximum Gasteiger partial charge on any atom is 0.188 e. The van der Waals surface area contributed by atoms with Crippen molar-refractivity contribution in [2.24, 2.45) is 0 Å². The fourth-order valence-corrected chi connectivity index (χ4v) is 2.12. The molecule has 3 nitrogen and oxygen atoms in total. The van der Waals surface area contributed by atoms with Gasteiger partial charge in [-0.2, -0.15) is 0 Å². The molecule has 0 saturated carbocycles. The van der Waals surface area contributed by atoms with Gasteiger partial charge in [0.25, 0.3) is 0 Å². The Morgan fingerprint density at radius 1 is 1.13 bits per heavy atom. The van der Waals surface area contributed by atoms with E-state index in [-0.39, 0.29) is 5.41 Å². The Morgan fingerprint density at radius 2 is 1.80 bits per heavy atom. The molecule has 4 heteroatoms. The molecule has 0 fully saturated rings. The Kier molecular flexibility index (Phi) is 2.52. The van der Waals surface area contributed by atoms with Crippen molar-refractivity contribution in [3.05, 3.63) is 29.5 Å². The summed E-state index contributed by atoms with van der Waals surface area (Å²) >= 11 is 1.59. The van der Waals surface area contributed by atoms with Gasteiger partial charge in [0.1, 0.15) is 0 Å². The van der Waals surface area contributed by atoms with E-state index in [9.17, 15) is 0 Å². The monoisotopic (exact) mass is 219 g/mol. The molecule has 0 unspecified atom stereocenters. The van der Waals surface area contributed by atoms with Gasteiger partial charge in [0.15, 0.2) is 10.8 Å². The second kappa shape index (κ2) is 3.70. The molecule has 0 saturated heterocycles. The first kappa shape index (κ1) is 10.2. The van der Waals surface area contributed by atoms with Crippen LogP contribution in [0, 0.1) is 0 Å². The maximum atomic E-state index is 4.55. The Bertz CT molecular complexity index is 442. The maximum absolute atomic E-state index is 4.55. The van der Waals surface area contributed by atoms with Crippen molar-refractivity contribution in [3.8, 4) is 10.8 Å². The summed E-state index contributed by atoms with van der Waals surface area (Å²) in [6, 6.07) is 1.81. The van der Waals surface area contributed by atoms with Gasteiger partial charge >= 0.3 is 0 Å². The van der Waals surface area contributed by atoms with Gasteiger partial charge in [-0.1, -0.05) is 20.8 Å². The van der Waals surface area contributed by atoms with Gasteiger partial charge in [0, 0.05) is 23.2 Å². The van der Waals surface area contributed by atoms with Gasteiger partial charge in [0.05, 0.1) is 5.69 Å². The Morgan fingerprint density at radius 3 is 2.33 bits per heavy atom. The van der Waals surface area contributed by atoms with Gasteiger partial charge < -0.3 is 0 Å². The number of hydrogen-bond donors (Lipinski definition) is 0. The van der Waals surface area contributed by atoms with E-state index in [1.54, 1.807) is 23.7 Å².